The molecule has 5 rings (SSSR count). The molecule has 2 aromatic rings. The minimum Gasteiger partial charge on any atom is -0.486 e. The average Bonchev–Trinajstić information content (AvgIpc) is 3.27. The molecule has 3 heterocycles. The van der Waals surface area contributed by atoms with Gasteiger partial charge in [0.2, 0.25) is 5.91 Å². The Bertz CT molecular complexity index is 990. The van der Waals surface area contributed by atoms with Crippen molar-refractivity contribution >= 4 is 17.5 Å². The number of nitrogens with zero attached hydrogens (tertiary/aromatic N) is 1. The summed E-state index contributed by atoms with van der Waals surface area (Å²) < 4.78 is 17.1. The zero-order valence-electron chi connectivity index (χ0n) is 16.7. The molecule has 7 heteroatoms. The van der Waals surface area contributed by atoms with E-state index in [1.165, 1.54) is 0 Å². The third-order valence-electron chi connectivity index (χ3n) is 5.86. The topological polar surface area (TPSA) is 77.1 Å². The minimum atomic E-state index is -0.0292. The van der Waals surface area contributed by atoms with Crippen LogP contribution in [0, 0.1) is 0 Å². The molecule has 7 nitrogen and oxygen atoms in total. The Balaban J connectivity index is 1.25. The van der Waals surface area contributed by atoms with Crippen LogP contribution in [0.1, 0.15) is 36.4 Å². The first-order valence-electron chi connectivity index (χ1n) is 10.4. The van der Waals surface area contributed by atoms with Gasteiger partial charge in [-0.2, -0.15) is 0 Å². The van der Waals surface area contributed by atoms with Gasteiger partial charge in [0.1, 0.15) is 19.0 Å². The van der Waals surface area contributed by atoms with Crippen LogP contribution in [-0.4, -0.2) is 43.1 Å². The van der Waals surface area contributed by atoms with Crippen LogP contribution in [0.4, 0.5) is 5.69 Å². The highest BCUT2D eigenvalue weighted by Gasteiger charge is 2.31. The molecular formula is C23H24N2O5. The number of rotatable bonds is 4. The third kappa shape index (κ3) is 3.67. The van der Waals surface area contributed by atoms with Gasteiger partial charge >= 0.3 is 0 Å². The van der Waals surface area contributed by atoms with Crippen LogP contribution in [0.25, 0.3) is 0 Å². The van der Waals surface area contributed by atoms with Crippen molar-refractivity contribution in [2.45, 2.75) is 31.7 Å². The Labute approximate surface area is 174 Å². The van der Waals surface area contributed by atoms with E-state index in [1.54, 1.807) is 6.07 Å². The van der Waals surface area contributed by atoms with E-state index in [9.17, 15) is 9.59 Å². The first-order valence-corrected chi connectivity index (χ1v) is 10.4. The molecule has 30 heavy (non-hydrogen) atoms. The van der Waals surface area contributed by atoms with Gasteiger partial charge in [-0.1, -0.05) is 6.07 Å². The van der Waals surface area contributed by atoms with Gasteiger partial charge in [0, 0.05) is 18.7 Å². The van der Waals surface area contributed by atoms with Crippen LogP contribution in [0.5, 0.6) is 17.2 Å². The normalized spacial score (nSPS) is 19.8. The Hall–Kier alpha value is -3.22. The van der Waals surface area contributed by atoms with Crippen LogP contribution < -0.4 is 19.5 Å². The molecule has 0 aliphatic carbocycles. The van der Waals surface area contributed by atoms with Gasteiger partial charge in [0.25, 0.3) is 5.91 Å². The van der Waals surface area contributed by atoms with Gasteiger partial charge < -0.3 is 24.4 Å². The number of likely N-dealkylation sites (tertiary alicyclic amines) is 1. The molecule has 2 aromatic carbocycles. The molecule has 0 spiro atoms. The summed E-state index contributed by atoms with van der Waals surface area (Å²) in [7, 11) is 0. The number of anilines is 1. The van der Waals surface area contributed by atoms with Crippen molar-refractivity contribution in [2.75, 3.05) is 31.7 Å². The van der Waals surface area contributed by atoms with Crippen LogP contribution in [-0.2, 0) is 16.0 Å². The van der Waals surface area contributed by atoms with Gasteiger partial charge in [-0.25, -0.2) is 0 Å². The number of carbonyl (C=O) groups is 2. The molecule has 0 saturated carbocycles. The van der Waals surface area contributed by atoms with Crippen LogP contribution in [0.15, 0.2) is 36.4 Å². The van der Waals surface area contributed by atoms with E-state index in [2.05, 4.69) is 5.32 Å². The summed E-state index contributed by atoms with van der Waals surface area (Å²) in [6.07, 6.45) is 3.04. The summed E-state index contributed by atoms with van der Waals surface area (Å²) in [6, 6.07) is 11.5. The second-order valence-corrected chi connectivity index (χ2v) is 7.80. The van der Waals surface area contributed by atoms with Gasteiger partial charge in [-0.3, -0.25) is 9.59 Å². The number of benzene rings is 2. The summed E-state index contributed by atoms with van der Waals surface area (Å²) >= 11 is 0. The molecule has 1 N–H and O–H groups in total. The number of hydrogen-bond acceptors (Lipinski definition) is 5. The van der Waals surface area contributed by atoms with Crippen molar-refractivity contribution in [2.24, 2.45) is 0 Å². The van der Waals surface area contributed by atoms with E-state index in [-0.39, 0.29) is 24.5 Å². The van der Waals surface area contributed by atoms with Crippen molar-refractivity contribution in [1.29, 1.82) is 0 Å². The highest BCUT2D eigenvalue weighted by atomic mass is 16.6. The number of fused-ring (bicyclic) bond motifs is 2. The molecule has 3 aliphatic heterocycles. The third-order valence-corrected chi connectivity index (χ3v) is 5.86. The summed E-state index contributed by atoms with van der Waals surface area (Å²) in [5, 5.41) is 2.85. The lowest BCUT2D eigenvalue weighted by Gasteiger charge is -2.27. The van der Waals surface area contributed by atoms with E-state index in [4.69, 9.17) is 14.2 Å². The molecule has 0 aromatic heterocycles. The van der Waals surface area contributed by atoms with E-state index in [0.717, 1.165) is 47.7 Å². The molecule has 0 radical (unpaired) electrons. The molecule has 1 unspecified atom stereocenters. The predicted molar refractivity (Wildman–Crippen MR) is 110 cm³/mol. The Morgan fingerprint density at radius 3 is 2.87 bits per heavy atom. The summed E-state index contributed by atoms with van der Waals surface area (Å²) in [4.78, 5) is 26.3. The number of aryl methyl sites for hydroxylation is 1. The first kappa shape index (κ1) is 18.8. The number of amides is 2. The maximum atomic E-state index is 12.9. The SMILES string of the molecule is O=C1CCc2cc(OCC(=O)N3CCCC3c3ccc4c(c3)OCCO4)ccc2N1. The van der Waals surface area contributed by atoms with E-state index in [0.29, 0.717) is 31.8 Å². The Morgan fingerprint density at radius 1 is 1.10 bits per heavy atom. The van der Waals surface area contributed by atoms with E-state index in [1.807, 2.05) is 35.2 Å². The van der Waals surface area contributed by atoms with Crippen LogP contribution in [0.2, 0.25) is 0 Å². The number of nitrogens with one attached hydrogen (secondary N) is 1. The lowest BCUT2D eigenvalue weighted by Crippen LogP contribution is -2.34. The minimum absolute atomic E-state index is 0.00774. The fourth-order valence-electron chi connectivity index (χ4n) is 4.36. The molecule has 156 valence electrons. The standard InChI is InChI=1S/C23H24N2O5/c26-22-8-4-15-12-17(5-6-18(15)24-22)30-14-23(27)25-9-1-2-19(25)16-3-7-20-21(13-16)29-11-10-28-20/h3,5-7,12-13,19H,1-2,4,8-11,14H2,(H,24,26). The highest BCUT2D eigenvalue weighted by Crippen LogP contribution is 2.38. The van der Waals surface area contributed by atoms with Crippen LogP contribution >= 0.6 is 0 Å². The van der Waals surface area contributed by atoms with Gasteiger partial charge in [-0.05, 0) is 60.7 Å². The Morgan fingerprint density at radius 2 is 1.97 bits per heavy atom. The van der Waals surface area contributed by atoms with Gasteiger partial charge in [0.05, 0.1) is 6.04 Å². The first-order chi connectivity index (χ1) is 14.7. The van der Waals surface area contributed by atoms with Crippen molar-refractivity contribution in [3.8, 4) is 17.2 Å². The molecule has 2 amide bonds. The smallest absolute Gasteiger partial charge is 0.261 e. The Kier molecular flexibility index (Phi) is 4.94. The lowest BCUT2D eigenvalue weighted by atomic mass is 10.0. The fraction of sp³-hybridized carbons (Fsp3) is 0.391. The molecule has 0 bridgehead atoms. The van der Waals surface area contributed by atoms with Crippen molar-refractivity contribution in [3.63, 3.8) is 0 Å². The number of carbonyl (C=O) groups excluding carboxylic acids is 2. The average molecular weight is 408 g/mol. The highest BCUT2D eigenvalue weighted by molar-refractivity contribution is 5.94. The largest absolute Gasteiger partial charge is 0.486 e. The molecule has 1 saturated heterocycles. The fourth-order valence-corrected chi connectivity index (χ4v) is 4.36. The summed E-state index contributed by atoms with van der Waals surface area (Å²) in [6.45, 7) is 1.82. The maximum absolute atomic E-state index is 12.9. The summed E-state index contributed by atoms with van der Waals surface area (Å²) in [5.74, 6) is 2.15. The molecular weight excluding hydrogens is 384 g/mol. The second kappa shape index (κ2) is 7.89. The second-order valence-electron chi connectivity index (χ2n) is 7.80. The van der Waals surface area contributed by atoms with Gasteiger partial charge in [-0.15, -0.1) is 0 Å². The quantitative estimate of drug-likeness (QED) is 0.841. The molecule has 3 aliphatic rings. The number of ether oxygens (including phenoxy) is 3. The molecule has 1 atom stereocenters. The lowest BCUT2D eigenvalue weighted by molar-refractivity contribution is -0.134. The van der Waals surface area contributed by atoms with Crippen molar-refractivity contribution < 1.29 is 23.8 Å². The van der Waals surface area contributed by atoms with Crippen molar-refractivity contribution in [3.05, 3.63) is 47.5 Å². The summed E-state index contributed by atoms with van der Waals surface area (Å²) in [5.41, 5.74) is 2.92. The maximum Gasteiger partial charge on any atom is 0.261 e. The van der Waals surface area contributed by atoms with Crippen molar-refractivity contribution in [1.82, 2.24) is 4.90 Å². The van der Waals surface area contributed by atoms with E-state index >= 15 is 0 Å². The zero-order valence-corrected chi connectivity index (χ0v) is 16.7. The number of hydrogen-bond donors (Lipinski definition) is 1. The zero-order chi connectivity index (χ0) is 20.5. The van der Waals surface area contributed by atoms with Crippen LogP contribution in [0.3, 0.4) is 0 Å². The molecule has 1 fully saturated rings. The monoisotopic (exact) mass is 408 g/mol. The van der Waals surface area contributed by atoms with Gasteiger partial charge in [0.15, 0.2) is 18.1 Å². The predicted octanol–water partition coefficient (Wildman–Crippen LogP) is 3.09. The van der Waals surface area contributed by atoms with E-state index < -0.39 is 0 Å².